The molecule has 0 spiro atoms. The van der Waals surface area contributed by atoms with Gasteiger partial charge in [-0.05, 0) is 60.4 Å². The quantitative estimate of drug-likeness (QED) is 0.129. The summed E-state index contributed by atoms with van der Waals surface area (Å²) in [6.07, 6.45) is -3.02. The average Bonchev–Trinajstić information content (AvgIpc) is 3.82. The maximum absolute atomic E-state index is 13.1. The van der Waals surface area contributed by atoms with Crippen LogP contribution in [-0.4, -0.2) is 125 Å². The first kappa shape index (κ1) is 40.5. The SMILES string of the molecule is Cc1c(-c2c(N3CCOCC3)ncc3snc(OC(Cc4ccccc4OCc4ccnn4CC(F)(F)F)C(=O)O)c23)ccc(OCCN2CCN(C)CC2)c1Cl. The zero-order chi connectivity index (χ0) is 40.1. The molecule has 2 aromatic carbocycles. The van der Waals surface area contributed by atoms with Gasteiger partial charge >= 0.3 is 12.1 Å². The third-order valence-corrected chi connectivity index (χ3v) is 11.3. The van der Waals surface area contributed by atoms with E-state index in [1.807, 2.05) is 19.1 Å². The van der Waals surface area contributed by atoms with Crippen molar-refractivity contribution in [2.75, 3.05) is 77.6 Å². The van der Waals surface area contributed by atoms with Gasteiger partial charge in [0.2, 0.25) is 12.0 Å². The van der Waals surface area contributed by atoms with Crippen molar-refractivity contribution in [3.05, 3.63) is 76.7 Å². The van der Waals surface area contributed by atoms with E-state index >= 15 is 0 Å². The lowest BCUT2D eigenvalue weighted by Crippen LogP contribution is -2.45. The Balaban J connectivity index is 1.17. The summed E-state index contributed by atoms with van der Waals surface area (Å²) in [5, 5.41) is 15.3. The Labute approximate surface area is 336 Å². The molecule has 57 heavy (non-hydrogen) atoms. The smallest absolute Gasteiger partial charge is 0.408 e. The predicted octanol–water partition coefficient (Wildman–Crippen LogP) is 6.20. The number of carbonyl (C=O) groups is 1. The fourth-order valence-electron chi connectivity index (χ4n) is 6.92. The number of nitrogens with zero attached hydrogens (tertiary/aromatic N) is 7. The highest BCUT2D eigenvalue weighted by Crippen LogP contribution is 2.46. The topological polar surface area (TPSA) is 128 Å². The second-order valence-corrected chi connectivity index (χ2v) is 15.2. The lowest BCUT2D eigenvalue weighted by Gasteiger charge is -2.32. The molecule has 0 radical (unpaired) electrons. The number of morpholine rings is 1. The molecule has 2 aliphatic heterocycles. The first-order valence-corrected chi connectivity index (χ1v) is 19.7. The summed E-state index contributed by atoms with van der Waals surface area (Å²) in [6, 6.07) is 12.0. The number of hydrogen-bond donors (Lipinski definition) is 1. The number of likely N-dealkylation sites (N-methyl/N-ethyl adjacent to an activating group) is 1. The molecule has 13 nitrogen and oxygen atoms in total. The number of anilines is 1. The second-order valence-electron chi connectivity index (χ2n) is 14.0. The van der Waals surface area contributed by atoms with Gasteiger partial charge in [-0.25, -0.2) is 9.78 Å². The number of piperazine rings is 1. The molecule has 0 aliphatic carbocycles. The summed E-state index contributed by atoms with van der Waals surface area (Å²) in [5.41, 5.74) is 2.91. The summed E-state index contributed by atoms with van der Waals surface area (Å²) in [6.45, 7) is 7.90. The van der Waals surface area contributed by atoms with Crippen molar-refractivity contribution in [2.24, 2.45) is 0 Å². The Kier molecular flexibility index (Phi) is 12.7. The first-order chi connectivity index (χ1) is 27.4. The molecule has 2 aliphatic rings. The third kappa shape index (κ3) is 9.72. The van der Waals surface area contributed by atoms with Crippen LogP contribution < -0.4 is 19.1 Å². The summed E-state index contributed by atoms with van der Waals surface area (Å²) in [5.74, 6) is 0.402. The normalized spacial score (nSPS) is 16.2. The molecule has 1 N–H and O–H groups in total. The Morgan fingerprint density at radius 1 is 1.04 bits per heavy atom. The molecule has 0 saturated carbocycles. The number of fused-ring (bicyclic) bond motifs is 1. The van der Waals surface area contributed by atoms with Crippen LogP contribution in [0, 0.1) is 6.92 Å². The van der Waals surface area contributed by atoms with Crippen LogP contribution in [0.4, 0.5) is 19.0 Å². The molecule has 7 rings (SSSR count). The largest absolute Gasteiger partial charge is 0.491 e. The van der Waals surface area contributed by atoms with Gasteiger partial charge in [0.1, 0.15) is 37.1 Å². The highest BCUT2D eigenvalue weighted by Gasteiger charge is 2.31. The van der Waals surface area contributed by atoms with Crippen LogP contribution in [-0.2, 0) is 29.1 Å². The van der Waals surface area contributed by atoms with E-state index in [1.165, 1.54) is 12.3 Å². The van der Waals surface area contributed by atoms with Crippen molar-refractivity contribution < 1.29 is 42.0 Å². The number of pyridine rings is 1. The van der Waals surface area contributed by atoms with E-state index in [-0.39, 0.29) is 24.6 Å². The van der Waals surface area contributed by atoms with Gasteiger partial charge in [0.15, 0.2) is 0 Å². The number of para-hydroxylation sites is 1. The van der Waals surface area contributed by atoms with E-state index in [2.05, 4.69) is 31.2 Å². The molecule has 2 saturated heterocycles. The molecule has 5 aromatic rings. The third-order valence-electron chi connectivity index (χ3n) is 10.1. The summed E-state index contributed by atoms with van der Waals surface area (Å²) in [4.78, 5) is 24.5. The number of halogens is 4. The molecule has 2 fully saturated rings. The highest BCUT2D eigenvalue weighted by atomic mass is 35.5. The van der Waals surface area contributed by atoms with E-state index in [9.17, 15) is 23.1 Å². The predicted molar refractivity (Wildman–Crippen MR) is 210 cm³/mol. The molecule has 5 heterocycles. The van der Waals surface area contributed by atoms with Gasteiger partial charge in [-0.1, -0.05) is 35.9 Å². The number of carboxylic acid groups (broad SMARTS) is 1. The number of aromatic nitrogens is 4. The zero-order valence-electron chi connectivity index (χ0n) is 31.5. The number of carboxylic acids is 1. The number of benzene rings is 2. The number of hydrogen-bond acceptors (Lipinski definition) is 12. The van der Waals surface area contributed by atoms with Gasteiger partial charge < -0.3 is 33.9 Å². The summed E-state index contributed by atoms with van der Waals surface area (Å²) < 4.78 is 69.5. The van der Waals surface area contributed by atoms with Crippen molar-refractivity contribution >= 4 is 45.0 Å². The number of rotatable bonds is 15. The van der Waals surface area contributed by atoms with Crippen molar-refractivity contribution in [2.45, 2.75) is 38.8 Å². The van der Waals surface area contributed by atoms with Crippen molar-refractivity contribution in [1.82, 2.24) is 28.9 Å². The number of alkyl halides is 3. The molecule has 1 unspecified atom stereocenters. The molecule has 18 heteroatoms. The van der Waals surface area contributed by atoms with Gasteiger partial charge in [0, 0.05) is 70.2 Å². The van der Waals surface area contributed by atoms with Crippen LogP contribution in [0.15, 0.2) is 54.9 Å². The summed E-state index contributed by atoms with van der Waals surface area (Å²) in [7, 11) is 2.12. The fraction of sp³-hybridized carbons (Fsp3) is 0.436. The standard InChI is InChI=1S/C39H43ClF3N7O6S/c1-25-28(7-8-30(35(25)40)54-20-15-48-13-11-47(2)12-14-48)33-34-32(22-44-36(33)49-16-18-53-19-17-49)57-46-37(34)56-31(38(51)52)21-26-5-3-4-6-29(26)55-23-27-9-10-45-50(27)24-39(41,42)43/h3-10,22,31H,11-21,23-24H2,1-2H3,(H,51,52). The van der Waals surface area contributed by atoms with Gasteiger partial charge in [-0.2, -0.15) is 22.6 Å². The van der Waals surface area contributed by atoms with Gasteiger partial charge in [0.25, 0.3) is 0 Å². The summed E-state index contributed by atoms with van der Waals surface area (Å²) >= 11 is 8.17. The fourth-order valence-corrected chi connectivity index (χ4v) is 7.84. The molecule has 3 aromatic heterocycles. The van der Waals surface area contributed by atoms with Crippen LogP contribution in [0.1, 0.15) is 16.8 Å². The van der Waals surface area contributed by atoms with Gasteiger partial charge in [-0.15, -0.1) is 0 Å². The van der Waals surface area contributed by atoms with E-state index in [1.54, 1.807) is 30.5 Å². The second kappa shape index (κ2) is 17.9. The molecule has 0 amide bonds. The van der Waals surface area contributed by atoms with Crippen LogP contribution in [0.5, 0.6) is 17.4 Å². The minimum atomic E-state index is -4.46. The lowest BCUT2D eigenvalue weighted by molar-refractivity contribution is -0.145. The van der Waals surface area contributed by atoms with Crippen LogP contribution in [0.25, 0.3) is 21.2 Å². The average molecular weight is 830 g/mol. The van der Waals surface area contributed by atoms with Crippen LogP contribution in [0.2, 0.25) is 5.02 Å². The Bertz CT molecular complexity index is 2170. The zero-order valence-corrected chi connectivity index (χ0v) is 33.1. The highest BCUT2D eigenvalue weighted by molar-refractivity contribution is 7.13. The minimum Gasteiger partial charge on any atom is -0.491 e. The number of ether oxygens (including phenoxy) is 4. The maximum Gasteiger partial charge on any atom is 0.408 e. The molecule has 1 atom stereocenters. The van der Waals surface area contributed by atoms with E-state index in [0.29, 0.717) is 76.5 Å². The van der Waals surface area contributed by atoms with Crippen LogP contribution in [0.3, 0.4) is 0 Å². The lowest BCUT2D eigenvalue weighted by atomic mass is 9.97. The molecular formula is C39H43ClF3N7O6S. The minimum absolute atomic E-state index is 0.117. The van der Waals surface area contributed by atoms with E-state index < -0.39 is 24.8 Å². The van der Waals surface area contributed by atoms with Crippen molar-refractivity contribution in [3.63, 3.8) is 0 Å². The Morgan fingerprint density at radius 2 is 1.81 bits per heavy atom. The van der Waals surface area contributed by atoms with E-state index in [0.717, 1.165) is 60.1 Å². The molecule has 304 valence electrons. The first-order valence-electron chi connectivity index (χ1n) is 18.6. The van der Waals surface area contributed by atoms with Gasteiger partial charge in [0.05, 0.1) is 34.0 Å². The molecule has 0 bridgehead atoms. The Morgan fingerprint density at radius 3 is 2.56 bits per heavy atom. The van der Waals surface area contributed by atoms with Crippen molar-refractivity contribution in [1.29, 1.82) is 0 Å². The Hall–Kier alpha value is -4.68. The molecular weight excluding hydrogens is 787 g/mol. The number of aliphatic carboxylic acids is 1. The van der Waals surface area contributed by atoms with E-state index in [4.69, 9.17) is 35.5 Å². The maximum atomic E-state index is 13.1. The van der Waals surface area contributed by atoms with Crippen molar-refractivity contribution in [3.8, 4) is 28.5 Å². The van der Waals surface area contributed by atoms with Gasteiger partial charge in [-0.3, -0.25) is 9.58 Å². The van der Waals surface area contributed by atoms with Crippen LogP contribution >= 0.6 is 23.1 Å². The monoisotopic (exact) mass is 829 g/mol.